The van der Waals surface area contributed by atoms with Crippen LogP contribution < -0.4 is 5.73 Å². The average molecular weight is 336 g/mol. The van der Waals surface area contributed by atoms with Gasteiger partial charge in [0.15, 0.2) is 9.84 Å². The number of carbonyl (C=O) groups is 1. The molecule has 2 heterocycles. The predicted molar refractivity (Wildman–Crippen MR) is 83.8 cm³/mol. The van der Waals surface area contributed by atoms with Crippen LogP contribution in [0.2, 0.25) is 0 Å². The van der Waals surface area contributed by atoms with Crippen LogP contribution in [0.15, 0.2) is 0 Å². The van der Waals surface area contributed by atoms with E-state index in [1.54, 1.807) is 23.6 Å². The molecule has 2 fully saturated rings. The zero-order valence-electron chi connectivity index (χ0n) is 12.4. The summed E-state index contributed by atoms with van der Waals surface area (Å²) in [7, 11) is -3.28. The van der Waals surface area contributed by atoms with E-state index < -0.39 is 20.6 Å². The second kappa shape index (κ2) is 6.85. The molecular formula is C13H24N2O4S2. The topological polar surface area (TPSA) is 89.7 Å². The van der Waals surface area contributed by atoms with E-state index >= 15 is 0 Å². The predicted octanol–water partition coefficient (Wildman–Crippen LogP) is 0.0781. The quantitative estimate of drug-likeness (QED) is 0.782. The van der Waals surface area contributed by atoms with Crippen LogP contribution in [0, 0.1) is 5.41 Å². The minimum absolute atomic E-state index is 0.0563. The molecule has 0 aromatic carbocycles. The Kier molecular flexibility index (Phi) is 5.56. The molecule has 21 heavy (non-hydrogen) atoms. The Bertz CT molecular complexity index is 475. The Balaban J connectivity index is 2.26. The summed E-state index contributed by atoms with van der Waals surface area (Å²) in [5.41, 5.74) is 5.22. The van der Waals surface area contributed by atoms with Gasteiger partial charge in [-0.1, -0.05) is 6.92 Å². The highest BCUT2D eigenvalue weighted by atomic mass is 32.2. The van der Waals surface area contributed by atoms with Gasteiger partial charge < -0.3 is 15.4 Å². The summed E-state index contributed by atoms with van der Waals surface area (Å²) in [5.74, 6) is 1.19. The maximum absolute atomic E-state index is 13.0. The van der Waals surface area contributed by atoms with Crippen molar-refractivity contribution in [2.24, 2.45) is 11.1 Å². The first kappa shape index (κ1) is 17.1. The molecule has 0 aliphatic carbocycles. The average Bonchev–Trinajstić information content (AvgIpc) is 2.54. The van der Waals surface area contributed by atoms with Crippen molar-refractivity contribution in [3.8, 4) is 0 Å². The van der Waals surface area contributed by atoms with Gasteiger partial charge in [-0.15, -0.1) is 0 Å². The zero-order chi connectivity index (χ0) is 15.5. The Labute approximate surface area is 130 Å². The molecule has 1 amide bonds. The molecule has 2 aliphatic heterocycles. The number of nitrogens with zero attached hydrogens (tertiary/aromatic N) is 1. The third kappa shape index (κ3) is 3.38. The highest BCUT2D eigenvalue weighted by Crippen LogP contribution is 2.34. The number of thioether (sulfide) groups is 1. The van der Waals surface area contributed by atoms with Crippen LogP contribution in [-0.2, 0) is 19.4 Å². The monoisotopic (exact) mass is 336 g/mol. The number of carbonyl (C=O) groups excluding carboxylic acids is 1. The second-order valence-corrected chi connectivity index (χ2v) is 9.17. The minimum Gasteiger partial charge on any atom is -0.381 e. The maximum atomic E-state index is 13.0. The molecule has 0 aromatic rings. The van der Waals surface area contributed by atoms with Crippen LogP contribution in [0.25, 0.3) is 0 Å². The molecule has 0 radical (unpaired) electrons. The van der Waals surface area contributed by atoms with Gasteiger partial charge in [0.2, 0.25) is 5.91 Å². The molecule has 2 aliphatic rings. The van der Waals surface area contributed by atoms with Crippen molar-refractivity contribution in [2.75, 3.05) is 43.6 Å². The Morgan fingerprint density at radius 1 is 1.43 bits per heavy atom. The lowest BCUT2D eigenvalue weighted by molar-refractivity contribution is -0.147. The van der Waals surface area contributed by atoms with E-state index in [1.807, 2.05) is 0 Å². The fourth-order valence-corrected chi connectivity index (χ4v) is 5.84. The van der Waals surface area contributed by atoms with E-state index in [0.29, 0.717) is 38.4 Å². The van der Waals surface area contributed by atoms with E-state index in [2.05, 4.69) is 0 Å². The maximum Gasteiger partial charge on any atom is 0.231 e. The van der Waals surface area contributed by atoms with Gasteiger partial charge in [-0.25, -0.2) is 8.42 Å². The number of rotatable bonds is 4. The lowest BCUT2D eigenvalue weighted by atomic mass is 9.79. The third-order valence-corrected chi connectivity index (χ3v) is 7.75. The van der Waals surface area contributed by atoms with Gasteiger partial charge in [0.25, 0.3) is 0 Å². The number of sulfone groups is 1. The third-order valence-electron chi connectivity index (χ3n) is 4.46. The fourth-order valence-electron chi connectivity index (χ4n) is 2.88. The summed E-state index contributed by atoms with van der Waals surface area (Å²) in [6.07, 6.45) is 1.15. The van der Waals surface area contributed by atoms with Crippen molar-refractivity contribution >= 4 is 27.5 Å². The van der Waals surface area contributed by atoms with Gasteiger partial charge in [-0.2, -0.15) is 11.8 Å². The minimum atomic E-state index is -3.28. The number of hydrogen-bond acceptors (Lipinski definition) is 6. The number of nitrogens with two attached hydrogens (primary N) is 1. The molecule has 8 heteroatoms. The van der Waals surface area contributed by atoms with Crippen LogP contribution in [0.1, 0.15) is 19.8 Å². The summed E-state index contributed by atoms with van der Waals surface area (Å²) in [6.45, 7) is 3.38. The van der Waals surface area contributed by atoms with Gasteiger partial charge in [0.1, 0.15) is 5.37 Å². The number of amides is 1. The van der Waals surface area contributed by atoms with E-state index in [0.717, 1.165) is 5.75 Å². The Morgan fingerprint density at radius 3 is 2.67 bits per heavy atom. The highest BCUT2D eigenvalue weighted by molar-refractivity contribution is 8.01. The first-order chi connectivity index (χ1) is 9.97. The normalized spacial score (nSPS) is 26.6. The van der Waals surface area contributed by atoms with Crippen LogP contribution in [-0.4, -0.2) is 68.2 Å². The van der Waals surface area contributed by atoms with Crippen molar-refractivity contribution in [3.05, 3.63) is 0 Å². The summed E-state index contributed by atoms with van der Waals surface area (Å²) in [5, 5.41) is -0.708. The smallest absolute Gasteiger partial charge is 0.231 e. The van der Waals surface area contributed by atoms with Crippen molar-refractivity contribution in [1.82, 2.24) is 4.90 Å². The lowest BCUT2D eigenvalue weighted by Gasteiger charge is -2.43. The molecule has 2 N–H and O–H groups in total. The molecular weight excluding hydrogens is 312 g/mol. The summed E-state index contributed by atoms with van der Waals surface area (Å²) >= 11 is 1.59. The summed E-state index contributed by atoms with van der Waals surface area (Å²) in [4.78, 5) is 14.6. The van der Waals surface area contributed by atoms with Crippen molar-refractivity contribution < 1.29 is 17.9 Å². The van der Waals surface area contributed by atoms with E-state index in [-0.39, 0.29) is 18.2 Å². The number of ether oxygens (including phenoxy) is 1. The molecule has 0 spiro atoms. The lowest BCUT2D eigenvalue weighted by Crippen LogP contribution is -2.58. The fraction of sp³-hybridized carbons (Fsp3) is 0.923. The van der Waals surface area contributed by atoms with Gasteiger partial charge in [0.05, 0.1) is 5.41 Å². The zero-order valence-corrected chi connectivity index (χ0v) is 14.0. The molecule has 122 valence electrons. The molecule has 2 rings (SSSR count). The molecule has 0 bridgehead atoms. The van der Waals surface area contributed by atoms with Crippen molar-refractivity contribution in [3.63, 3.8) is 0 Å². The van der Waals surface area contributed by atoms with Gasteiger partial charge in [-0.05, 0) is 12.8 Å². The van der Waals surface area contributed by atoms with Crippen LogP contribution in [0.5, 0.6) is 0 Å². The molecule has 6 nitrogen and oxygen atoms in total. The van der Waals surface area contributed by atoms with E-state index in [9.17, 15) is 13.2 Å². The van der Waals surface area contributed by atoms with Crippen molar-refractivity contribution in [1.29, 1.82) is 0 Å². The molecule has 2 saturated heterocycles. The standard InChI is InChI=1S/C13H24N2O4S2/c1-2-21(17,18)11-9-20-8-5-15(11)12(16)13(10-14)3-6-19-7-4-13/h11H,2-10,14H2,1H3. The van der Waals surface area contributed by atoms with Gasteiger partial charge >= 0.3 is 0 Å². The first-order valence-corrected chi connectivity index (χ1v) is 10.2. The van der Waals surface area contributed by atoms with Crippen molar-refractivity contribution in [2.45, 2.75) is 25.1 Å². The molecule has 1 atom stereocenters. The van der Waals surface area contributed by atoms with E-state index in [1.165, 1.54) is 0 Å². The molecule has 0 saturated carbocycles. The van der Waals surface area contributed by atoms with Crippen LogP contribution in [0.4, 0.5) is 0 Å². The van der Waals surface area contributed by atoms with E-state index in [4.69, 9.17) is 10.5 Å². The summed E-state index contributed by atoms with van der Waals surface area (Å²) < 4.78 is 29.9. The number of hydrogen-bond donors (Lipinski definition) is 1. The van der Waals surface area contributed by atoms with Gasteiger partial charge in [-0.3, -0.25) is 4.79 Å². The SMILES string of the molecule is CCS(=O)(=O)C1CSCCN1C(=O)C1(CN)CCOCC1. The van der Waals surface area contributed by atoms with Crippen LogP contribution >= 0.6 is 11.8 Å². The molecule has 1 unspecified atom stereocenters. The van der Waals surface area contributed by atoms with Crippen LogP contribution in [0.3, 0.4) is 0 Å². The van der Waals surface area contributed by atoms with Gasteiger partial charge in [0, 0.05) is 43.6 Å². The Hall–Kier alpha value is -0.310. The summed E-state index contributed by atoms with van der Waals surface area (Å²) in [6, 6.07) is 0. The molecule has 0 aromatic heterocycles. The largest absolute Gasteiger partial charge is 0.381 e. The Morgan fingerprint density at radius 2 is 2.10 bits per heavy atom. The highest BCUT2D eigenvalue weighted by Gasteiger charge is 2.46. The first-order valence-electron chi connectivity index (χ1n) is 7.35. The second-order valence-electron chi connectivity index (χ2n) is 5.58.